The monoisotopic (exact) mass is 358 g/mol. The van der Waals surface area contributed by atoms with Gasteiger partial charge in [-0.05, 0) is 37.6 Å². The summed E-state index contributed by atoms with van der Waals surface area (Å²) in [5, 5.41) is 0. The molecule has 0 saturated carbocycles. The van der Waals surface area contributed by atoms with E-state index in [1.807, 2.05) is 32.0 Å². The molecular weight excluding hydrogens is 336 g/mol. The van der Waals surface area contributed by atoms with Crippen LogP contribution < -0.4 is 0 Å². The Morgan fingerprint density at radius 2 is 1.56 bits per heavy atom. The van der Waals surface area contributed by atoms with Crippen LogP contribution in [0.5, 0.6) is 0 Å². The van der Waals surface area contributed by atoms with Gasteiger partial charge in [-0.2, -0.15) is 4.31 Å². The zero-order valence-electron chi connectivity index (χ0n) is 14.5. The molecule has 0 aliphatic carbocycles. The first-order valence-electron chi connectivity index (χ1n) is 8.31. The molecule has 0 aromatic heterocycles. The van der Waals surface area contributed by atoms with Crippen molar-refractivity contribution in [1.82, 2.24) is 9.21 Å². The normalized spacial score (nSPS) is 16.0. The first-order valence-corrected chi connectivity index (χ1v) is 9.75. The van der Waals surface area contributed by atoms with Gasteiger partial charge in [0.15, 0.2) is 0 Å². The van der Waals surface area contributed by atoms with E-state index in [0.717, 1.165) is 11.1 Å². The number of nitrogens with zero attached hydrogens (tertiary/aromatic N) is 2. The number of aryl methyl sites for hydroxylation is 2. The molecule has 3 rings (SSSR count). The summed E-state index contributed by atoms with van der Waals surface area (Å²) in [5.41, 5.74) is 2.67. The second-order valence-electron chi connectivity index (χ2n) is 6.33. The van der Waals surface area contributed by atoms with Crippen molar-refractivity contribution in [2.75, 3.05) is 26.2 Å². The third kappa shape index (κ3) is 3.60. The SMILES string of the molecule is Cc1ccc(C)c(C(=O)N2CCN(S(=O)(=O)c3ccccc3)CC2)c1. The molecule has 2 aromatic rings. The molecule has 1 aliphatic rings. The van der Waals surface area contributed by atoms with Crippen LogP contribution in [0.15, 0.2) is 53.4 Å². The quantitative estimate of drug-likeness (QED) is 0.847. The highest BCUT2D eigenvalue weighted by molar-refractivity contribution is 7.89. The highest BCUT2D eigenvalue weighted by atomic mass is 32.2. The van der Waals surface area contributed by atoms with E-state index in [1.165, 1.54) is 4.31 Å². The van der Waals surface area contributed by atoms with Crippen molar-refractivity contribution in [3.8, 4) is 0 Å². The molecule has 1 saturated heterocycles. The summed E-state index contributed by atoms with van der Waals surface area (Å²) in [6, 6.07) is 14.2. The van der Waals surface area contributed by atoms with E-state index in [2.05, 4.69) is 0 Å². The van der Waals surface area contributed by atoms with Crippen LogP contribution in [0.3, 0.4) is 0 Å². The Balaban J connectivity index is 1.72. The van der Waals surface area contributed by atoms with E-state index < -0.39 is 10.0 Å². The first kappa shape index (κ1) is 17.6. The second-order valence-corrected chi connectivity index (χ2v) is 8.27. The van der Waals surface area contributed by atoms with Gasteiger partial charge in [0.25, 0.3) is 5.91 Å². The van der Waals surface area contributed by atoms with Crippen LogP contribution in [0.25, 0.3) is 0 Å². The van der Waals surface area contributed by atoms with Crippen LogP contribution in [0.2, 0.25) is 0 Å². The van der Waals surface area contributed by atoms with E-state index in [4.69, 9.17) is 0 Å². The van der Waals surface area contributed by atoms with Crippen molar-refractivity contribution < 1.29 is 13.2 Å². The molecule has 25 heavy (non-hydrogen) atoms. The Labute approximate surface area is 148 Å². The Kier molecular flexibility index (Phi) is 4.92. The lowest BCUT2D eigenvalue weighted by atomic mass is 10.0. The molecule has 0 N–H and O–H groups in total. The van der Waals surface area contributed by atoms with Gasteiger partial charge in [0, 0.05) is 31.7 Å². The number of carbonyl (C=O) groups is 1. The molecular formula is C19H22N2O3S. The highest BCUT2D eigenvalue weighted by Gasteiger charge is 2.30. The van der Waals surface area contributed by atoms with Crippen LogP contribution in [-0.4, -0.2) is 49.7 Å². The fourth-order valence-electron chi connectivity index (χ4n) is 3.01. The lowest BCUT2D eigenvalue weighted by molar-refractivity contribution is 0.0697. The average molecular weight is 358 g/mol. The Morgan fingerprint density at radius 1 is 0.920 bits per heavy atom. The first-order chi connectivity index (χ1) is 11.9. The van der Waals surface area contributed by atoms with Crippen LogP contribution in [0.4, 0.5) is 0 Å². The Morgan fingerprint density at radius 3 is 2.20 bits per heavy atom. The van der Waals surface area contributed by atoms with Crippen molar-refractivity contribution in [2.24, 2.45) is 0 Å². The molecule has 1 fully saturated rings. The average Bonchev–Trinajstić information content (AvgIpc) is 2.64. The Bertz CT molecular complexity index is 871. The molecule has 5 nitrogen and oxygen atoms in total. The molecule has 0 atom stereocenters. The summed E-state index contributed by atoms with van der Waals surface area (Å²) >= 11 is 0. The zero-order chi connectivity index (χ0) is 18.0. The van der Waals surface area contributed by atoms with Crippen LogP contribution in [-0.2, 0) is 10.0 Å². The van der Waals surface area contributed by atoms with E-state index in [0.29, 0.717) is 36.6 Å². The van der Waals surface area contributed by atoms with Gasteiger partial charge >= 0.3 is 0 Å². The van der Waals surface area contributed by atoms with Crippen LogP contribution in [0.1, 0.15) is 21.5 Å². The number of amides is 1. The maximum absolute atomic E-state index is 12.8. The number of piperazine rings is 1. The van der Waals surface area contributed by atoms with Gasteiger partial charge in [-0.1, -0.05) is 35.9 Å². The van der Waals surface area contributed by atoms with Gasteiger partial charge in [-0.3, -0.25) is 4.79 Å². The van der Waals surface area contributed by atoms with Crippen molar-refractivity contribution in [3.05, 3.63) is 65.2 Å². The third-order valence-electron chi connectivity index (χ3n) is 4.53. The number of hydrogen-bond acceptors (Lipinski definition) is 3. The Hall–Kier alpha value is -2.18. The van der Waals surface area contributed by atoms with Crippen LogP contribution in [0, 0.1) is 13.8 Å². The van der Waals surface area contributed by atoms with Gasteiger partial charge in [0.2, 0.25) is 10.0 Å². The minimum atomic E-state index is -3.50. The smallest absolute Gasteiger partial charge is 0.254 e. The van der Waals surface area contributed by atoms with E-state index in [1.54, 1.807) is 35.2 Å². The molecule has 1 heterocycles. The molecule has 0 bridgehead atoms. The zero-order valence-corrected chi connectivity index (χ0v) is 15.3. The largest absolute Gasteiger partial charge is 0.336 e. The predicted molar refractivity (Wildman–Crippen MR) is 97.0 cm³/mol. The molecule has 6 heteroatoms. The number of benzene rings is 2. The summed E-state index contributed by atoms with van der Waals surface area (Å²) in [6.45, 7) is 5.31. The summed E-state index contributed by atoms with van der Waals surface area (Å²) in [5.74, 6) is -0.0297. The molecule has 132 valence electrons. The van der Waals surface area contributed by atoms with Gasteiger partial charge in [-0.25, -0.2) is 8.42 Å². The summed E-state index contributed by atoms with van der Waals surface area (Å²) in [7, 11) is -3.50. The van der Waals surface area contributed by atoms with Crippen molar-refractivity contribution in [2.45, 2.75) is 18.7 Å². The minimum absolute atomic E-state index is 0.0297. The number of rotatable bonds is 3. The molecule has 0 spiro atoms. The third-order valence-corrected chi connectivity index (χ3v) is 6.44. The minimum Gasteiger partial charge on any atom is -0.336 e. The standard InChI is InChI=1S/C19H22N2O3S/c1-15-8-9-16(2)18(14-15)19(22)20-10-12-21(13-11-20)25(23,24)17-6-4-3-5-7-17/h3-9,14H,10-13H2,1-2H3. The summed E-state index contributed by atoms with van der Waals surface area (Å²) in [4.78, 5) is 14.8. The fourth-order valence-corrected chi connectivity index (χ4v) is 4.45. The number of hydrogen-bond donors (Lipinski definition) is 0. The van der Waals surface area contributed by atoms with E-state index in [-0.39, 0.29) is 5.91 Å². The van der Waals surface area contributed by atoms with Gasteiger partial charge < -0.3 is 4.90 Å². The molecule has 2 aromatic carbocycles. The summed E-state index contributed by atoms with van der Waals surface area (Å²) < 4.78 is 26.8. The van der Waals surface area contributed by atoms with Gasteiger partial charge in [0.1, 0.15) is 0 Å². The van der Waals surface area contributed by atoms with Crippen LogP contribution >= 0.6 is 0 Å². The molecule has 0 radical (unpaired) electrons. The second kappa shape index (κ2) is 6.98. The lowest BCUT2D eigenvalue weighted by Gasteiger charge is -2.34. The van der Waals surface area contributed by atoms with E-state index >= 15 is 0 Å². The van der Waals surface area contributed by atoms with Gasteiger partial charge in [-0.15, -0.1) is 0 Å². The van der Waals surface area contributed by atoms with Crippen molar-refractivity contribution in [1.29, 1.82) is 0 Å². The fraction of sp³-hybridized carbons (Fsp3) is 0.316. The number of carbonyl (C=O) groups excluding carboxylic acids is 1. The predicted octanol–water partition coefficient (Wildman–Crippen LogP) is 2.45. The summed E-state index contributed by atoms with van der Waals surface area (Å²) in [6.07, 6.45) is 0. The number of sulfonamides is 1. The highest BCUT2D eigenvalue weighted by Crippen LogP contribution is 2.19. The van der Waals surface area contributed by atoms with Gasteiger partial charge in [0.05, 0.1) is 4.90 Å². The molecule has 0 unspecified atom stereocenters. The van der Waals surface area contributed by atoms with E-state index in [9.17, 15) is 13.2 Å². The van der Waals surface area contributed by atoms with Crippen molar-refractivity contribution >= 4 is 15.9 Å². The molecule has 1 amide bonds. The molecule has 1 aliphatic heterocycles. The topological polar surface area (TPSA) is 57.7 Å². The van der Waals surface area contributed by atoms with Crippen molar-refractivity contribution in [3.63, 3.8) is 0 Å². The lowest BCUT2D eigenvalue weighted by Crippen LogP contribution is -2.50. The maximum Gasteiger partial charge on any atom is 0.254 e. The maximum atomic E-state index is 12.8.